The highest BCUT2D eigenvalue weighted by atomic mass is 79.9. The first-order valence-corrected chi connectivity index (χ1v) is 3.87. The Hall–Kier alpha value is -0.610. The van der Waals surface area contributed by atoms with Gasteiger partial charge in [0.15, 0.2) is 0 Å². The van der Waals surface area contributed by atoms with E-state index in [-0.39, 0.29) is 5.69 Å². The molecule has 0 fully saturated rings. The fraction of sp³-hybridized carbons (Fsp3) is 0. The van der Waals surface area contributed by atoms with Gasteiger partial charge in [0, 0.05) is 21.6 Å². The summed E-state index contributed by atoms with van der Waals surface area (Å²) in [7, 11) is 0. The topological polar surface area (TPSA) is 43.1 Å². The van der Waals surface area contributed by atoms with Crippen LogP contribution in [0.25, 0.3) is 0 Å². The Labute approximate surface area is 76.3 Å². The largest absolute Gasteiger partial charge is 0.272 e. The Morgan fingerprint density at radius 1 is 1.45 bits per heavy atom. The minimum Gasteiger partial charge on any atom is -0.258 e. The van der Waals surface area contributed by atoms with Crippen molar-refractivity contribution < 1.29 is 4.92 Å². The molecule has 1 aromatic rings. The maximum absolute atomic E-state index is 10.2. The molecule has 11 heavy (non-hydrogen) atoms. The quantitative estimate of drug-likeness (QED) is 0.556. The van der Waals surface area contributed by atoms with E-state index in [1.54, 1.807) is 6.07 Å². The Morgan fingerprint density at radius 2 is 2.09 bits per heavy atom. The fourth-order valence-corrected chi connectivity index (χ4v) is 1.49. The standard InChI is InChI=1S/C6H3BrClNO2/c7-4-1-5(8)3-6(2-4)9(10)11/h1-3H. The van der Waals surface area contributed by atoms with Crippen LogP contribution in [-0.2, 0) is 0 Å². The highest BCUT2D eigenvalue weighted by Crippen LogP contribution is 2.23. The number of hydrogen-bond donors (Lipinski definition) is 0. The van der Waals surface area contributed by atoms with Crippen molar-refractivity contribution >= 4 is 33.2 Å². The maximum atomic E-state index is 10.2. The van der Waals surface area contributed by atoms with Crippen LogP contribution in [0.5, 0.6) is 0 Å². The zero-order valence-corrected chi connectivity index (χ0v) is 7.59. The number of non-ortho nitro benzene ring substituents is 1. The number of halogens is 2. The lowest BCUT2D eigenvalue weighted by Gasteiger charge is -1.93. The second kappa shape index (κ2) is 3.19. The van der Waals surface area contributed by atoms with Crippen LogP contribution in [0.4, 0.5) is 5.69 Å². The second-order valence-corrected chi connectivity index (χ2v) is 3.24. The summed E-state index contributed by atoms with van der Waals surface area (Å²) in [4.78, 5) is 9.74. The first kappa shape index (κ1) is 8.49. The summed E-state index contributed by atoms with van der Waals surface area (Å²) >= 11 is 8.65. The van der Waals surface area contributed by atoms with Crippen molar-refractivity contribution in [2.24, 2.45) is 0 Å². The third-order valence-corrected chi connectivity index (χ3v) is 1.73. The molecular formula is C6H3BrClNO2. The van der Waals surface area contributed by atoms with Gasteiger partial charge in [-0.2, -0.15) is 0 Å². The van der Waals surface area contributed by atoms with E-state index in [9.17, 15) is 10.1 Å². The molecule has 0 bridgehead atoms. The first-order chi connectivity index (χ1) is 5.09. The third kappa shape index (κ3) is 2.17. The molecule has 0 saturated carbocycles. The van der Waals surface area contributed by atoms with Gasteiger partial charge in [0.1, 0.15) is 0 Å². The second-order valence-electron chi connectivity index (χ2n) is 1.88. The number of hydrogen-bond acceptors (Lipinski definition) is 2. The highest BCUT2D eigenvalue weighted by Gasteiger charge is 2.06. The van der Waals surface area contributed by atoms with Gasteiger partial charge in [-0.15, -0.1) is 0 Å². The number of nitro groups is 1. The van der Waals surface area contributed by atoms with Gasteiger partial charge in [-0.1, -0.05) is 27.5 Å². The lowest BCUT2D eigenvalue weighted by molar-refractivity contribution is -0.384. The summed E-state index contributed by atoms with van der Waals surface area (Å²) in [5.74, 6) is 0. The Balaban J connectivity index is 3.19. The van der Waals surface area contributed by atoms with E-state index in [0.717, 1.165) is 0 Å². The maximum Gasteiger partial charge on any atom is 0.272 e. The van der Waals surface area contributed by atoms with Crippen molar-refractivity contribution in [1.29, 1.82) is 0 Å². The van der Waals surface area contributed by atoms with Gasteiger partial charge in [0.25, 0.3) is 5.69 Å². The van der Waals surface area contributed by atoms with Gasteiger partial charge in [0.2, 0.25) is 0 Å². The molecule has 0 saturated heterocycles. The van der Waals surface area contributed by atoms with E-state index >= 15 is 0 Å². The molecule has 0 aliphatic carbocycles. The van der Waals surface area contributed by atoms with Gasteiger partial charge < -0.3 is 0 Å². The van der Waals surface area contributed by atoms with Crippen molar-refractivity contribution in [2.75, 3.05) is 0 Å². The van der Waals surface area contributed by atoms with Crippen LogP contribution in [0.1, 0.15) is 0 Å². The van der Waals surface area contributed by atoms with Gasteiger partial charge in [0.05, 0.1) is 4.92 Å². The summed E-state index contributed by atoms with van der Waals surface area (Å²) < 4.78 is 0.608. The number of rotatable bonds is 1. The van der Waals surface area contributed by atoms with E-state index in [4.69, 9.17) is 11.6 Å². The molecule has 3 nitrogen and oxygen atoms in total. The lowest BCUT2D eigenvalue weighted by Crippen LogP contribution is -1.86. The highest BCUT2D eigenvalue weighted by molar-refractivity contribution is 9.10. The fourth-order valence-electron chi connectivity index (χ4n) is 0.645. The lowest BCUT2D eigenvalue weighted by atomic mass is 10.3. The first-order valence-electron chi connectivity index (χ1n) is 2.70. The number of nitrogens with zero attached hydrogens (tertiary/aromatic N) is 1. The normalized spacial score (nSPS) is 9.64. The van der Waals surface area contributed by atoms with Crippen LogP contribution in [0.15, 0.2) is 22.7 Å². The molecule has 0 spiro atoms. The van der Waals surface area contributed by atoms with E-state index in [1.807, 2.05) is 0 Å². The molecule has 0 aliphatic heterocycles. The molecule has 1 aromatic carbocycles. The van der Waals surface area contributed by atoms with Gasteiger partial charge in [-0.05, 0) is 6.07 Å². The monoisotopic (exact) mass is 235 g/mol. The average Bonchev–Trinajstić information content (AvgIpc) is 1.85. The SMILES string of the molecule is O=[N+]([O-])c1cc(Cl)cc(Br)c1. The molecule has 1 rings (SSSR count). The van der Waals surface area contributed by atoms with Crippen molar-refractivity contribution in [3.63, 3.8) is 0 Å². The van der Waals surface area contributed by atoms with Crippen LogP contribution in [-0.4, -0.2) is 4.92 Å². The van der Waals surface area contributed by atoms with Crippen LogP contribution >= 0.6 is 27.5 Å². The van der Waals surface area contributed by atoms with Crippen molar-refractivity contribution in [3.8, 4) is 0 Å². The number of nitro benzene ring substituents is 1. The van der Waals surface area contributed by atoms with Crippen molar-refractivity contribution in [3.05, 3.63) is 37.8 Å². The molecule has 0 atom stereocenters. The molecule has 0 heterocycles. The zero-order chi connectivity index (χ0) is 8.43. The average molecular weight is 236 g/mol. The molecular weight excluding hydrogens is 233 g/mol. The molecule has 5 heteroatoms. The molecule has 58 valence electrons. The van der Waals surface area contributed by atoms with E-state index < -0.39 is 4.92 Å². The Bertz CT molecular complexity index is 282. The summed E-state index contributed by atoms with van der Waals surface area (Å²) in [6, 6.07) is 4.28. The molecule has 0 amide bonds. The van der Waals surface area contributed by atoms with E-state index in [0.29, 0.717) is 9.50 Å². The van der Waals surface area contributed by atoms with Crippen LogP contribution in [0.2, 0.25) is 5.02 Å². The molecule has 0 radical (unpaired) electrons. The van der Waals surface area contributed by atoms with Gasteiger partial charge in [-0.25, -0.2) is 0 Å². The molecule has 0 aromatic heterocycles. The summed E-state index contributed by atoms with van der Waals surface area (Å²) in [5, 5.41) is 10.6. The predicted molar refractivity (Wildman–Crippen MR) is 45.8 cm³/mol. The summed E-state index contributed by atoms with van der Waals surface area (Å²) in [6.45, 7) is 0. The smallest absolute Gasteiger partial charge is 0.258 e. The van der Waals surface area contributed by atoms with Crippen LogP contribution < -0.4 is 0 Å². The molecule has 0 unspecified atom stereocenters. The van der Waals surface area contributed by atoms with Crippen LogP contribution in [0.3, 0.4) is 0 Å². The molecule has 0 N–H and O–H groups in total. The zero-order valence-electron chi connectivity index (χ0n) is 5.25. The summed E-state index contributed by atoms with van der Waals surface area (Å²) in [5.41, 5.74) is -0.00984. The van der Waals surface area contributed by atoms with Gasteiger partial charge >= 0.3 is 0 Å². The molecule has 0 aliphatic rings. The van der Waals surface area contributed by atoms with E-state index in [2.05, 4.69) is 15.9 Å². The number of benzene rings is 1. The van der Waals surface area contributed by atoms with Crippen LogP contribution in [0, 0.1) is 10.1 Å². The van der Waals surface area contributed by atoms with E-state index in [1.165, 1.54) is 12.1 Å². The Kier molecular flexibility index (Phi) is 2.46. The third-order valence-electron chi connectivity index (χ3n) is 1.06. The minimum absolute atomic E-state index is 0.00984. The van der Waals surface area contributed by atoms with Crippen molar-refractivity contribution in [2.45, 2.75) is 0 Å². The Morgan fingerprint density at radius 3 is 2.55 bits per heavy atom. The van der Waals surface area contributed by atoms with Gasteiger partial charge in [-0.3, -0.25) is 10.1 Å². The summed E-state index contributed by atoms with van der Waals surface area (Å²) in [6.07, 6.45) is 0. The van der Waals surface area contributed by atoms with Crippen molar-refractivity contribution in [1.82, 2.24) is 0 Å². The predicted octanol–water partition coefficient (Wildman–Crippen LogP) is 3.01. The minimum atomic E-state index is -0.489.